The SMILES string of the molecule is Cc1ccc(S(=O)(=O)NC(C)(C)C)cc1C(=O)Nc1nc2c(s1)CN(Cc1ccccc1)CC2. The Hall–Kier alpha value is -2.59. The van der Waals surface area contributed by atoms with Crippen LogP contribution in [0.25, 0.3) is 0 Å². The van der Waals surface area contributed by atoms with Gasteiger partial charge >= 0.3 is 0 Å². The first-order valence-electron chi connectivity index (χ1n) is 11.2. The Morgan fingerprint density at radius 3 is 2.59 bits per heavy atom. The predicted molar refractivity (Wildman–Crippen MR) is 136 cm³/mol. The van der Waals surface area contributed by atoms with E-state index in [2.05, 4.69) is 32.1 Å². The summed E-state index contributed by atoms with van der Waals surface area (Å²) in [5.41, 5.74) is 2.68. The lowest BCUT2D eigenvalue weighted by Gasteiger charge is -2.25. The second kappa shape index (κ2) is 9.58. The summed E-state index contributed by atoms with van der Waals surface area (Å²) >= 11 is 1.48. The molecular weight excluding hydrogens is 468 g/mol. The monoisotopic (exact) mass is 498 g/mol. The quantitative estimate of drug-likeness (QED) is 0.528. The van der Waals surface area contributed by atoms with Crippen molar-refractivity contribution < 1.29 is 13.2 Å². The summed E-state index contributed by atoms with van der Waals surface area (Å²) in [4.78, 5) is 21.3. The maximum atomic E-state index is 13.0. The molecule has 0 radical (unpaired) electrons. The molecule has 2 heterocycles. The van der Waals surface area contributed by atoms with Gasteiger partial charge in [-0.1, -0.05) is 36.4 Å². The fraction of sp³-hybridized carbons (Fsp3) is 0.360. The highest BCUT2D eigenvalue weighted by molar-refractivity contribution is 7.89. The number of carbonyl (C=O) groups excluding carboxylic acids is 1. The second-order valence-electron chi connectivity index (χ2n) is 9.62. The third-order valence-corrected chi connectivity index (χ3v) is 8.24. The number of anilines is 1. The molecule has 9 heteroatoms. The Balaban J connectivity index is 1.48. The summed E-state index contributed by atoms with van der Waals surface area (Å²) in [6.45, 7) is 9.70. The van der Waals surface area contributed by atoms with Crippen LogP contribution < -0.4 is 10.0 Å². The number of aryl methyl sites for hydroxylation is 1. The van der Waals surface area contributed by atoms with Gasteiger partial charge in [0.15, 0.2) is 5.13 Å². The van der Waals surface area contributed by atoms with E-state index >= 15 is 0 Å². The highest BCUT2D eigenvalue weighted by atomic mass is 32.2. The van der Waals surface area contributed by atoms with Gasteiger partial charge in [-0.15, -0.1) is 11.3 Å². The zero-order valence-corrected chi connectivity index (χ0v) is 21.5. The molecule has 2 aromatic carbocycles. The molecule has 1 amide bonds. The van der Waals surface area contributed by atoms with Crippen molar-refractivity contribution in [2.24, 2.45) is 0 Å². The molecular formula is C25H30N4O3S2. The van der Waals surface area contributed by atoms with Crippen molar-refractivity contribution in [2.75, 3.05) is 11.9 Å². The highest BCUT2D eigenvalue weighted by Crippen LogP contribution is 2.29. The van der Waals surface area contributed by atoms with Crippen LogP contribution in [-0.2, 0) is 29.5 Å². The third-order valence-electron chi connectivity index (χ3n) is 5.48. The molecule has 1 aromatic heterocycles. The van der Waals surface area contributed by atoms with Gasteiger partial charge in [-0.2, -0.15) is 0 Å². The van der Waals surface area contributed by atoms with E-state index in [0.717, 1.165) is 36.6 Å². The number of sulfonamides is 1. The van der Waals surface area contributed by atoms with E-state index in [4.69, 9.17) is 0 Å². The number of nitrogens with one attached hydrogen (secondary N) is 2. The van der Waals surface area contributed by atoms with E-state index in [1.54, 1.807) is 33.8 Å². The largest absolute Gasteiger partial charge is 0.298 e. The zero-order chi connectivity index (χ0) is 24.5. The van der Waals surface area contributed by atoms with Crippen LogP contribution in [-0.4, -0.2) is 36.3 Å². The van der Waals surface area contributed by atoms with Crippen LogP contribution in [0.1, 0.15) is 52.8 Å². The van der Waals surface area contributed by atoms with Gasteiger partial charge in [0.1, 0.15) is 0 Å². The summed E-state index contributed by atoms with van der Waals surface area (Å²) in [5.74, 6) is -0.363. The summed E-state index contributed by atoms with van der Waals surface area (Å²) in [5, 5.41) is 3.42. The molecule has 180 valence electrons. The van der Waals surface area contributed by atoms with Crippen molar-refractivity contribution in [3.63, 3.8) is 0 Å². The molecule has 1 aliphatic rings. The molecule has 0 atom stereocenters. The number of thiazole rings is 1. The molecule has 3 aromatic rings. The van der Waals surface area contributed by atoms with E-state index in [9.17, 15) is 13.2 Å². The van der Waals surface area contributed by atoms with Crippen molar-refractivity contribution in [2.45, 2.75) is 57.6 Å². The van der Waals surface area contributed by atoms with E-state index in [-0.39, 0.29) is 10.8 Å². The van der Waals surface area contributed by atoms with Crippen LogP contribution in [0.3, 0.4) is 0 Å². The molecule has 0 saturated carbocycles. The molecule has 0 aliphatic carbocycles. The first kappa shape index (κ1) is 24.5. The average Bonchev–Trinajstić information content (AvgIpc) is 3.14. The van der Waals surface area contributed by atoms with Gasteiger partial charge in [0.05, 0.1) is 10.6 Å². The molecule has 0 fully saturated rings. The topological polar surface area (TPSA) is 91.4 Å². The van der Waals surface area contributed by atoms with Crippen molar-refractivity contribution in [1.82, 2.24) is 14.6 Å². The standard InChI is InChI=1S/C25H30N4O3S2/c1-17-10-11-19(34(31,32)28-25(2,3)4)14-20(17)23(30)27-24-26-21-12-13-29(16-22(21)33-24)15-18-8-6-5-7-9-18/h5-11,14,28H,12-13,15-16H2,1-4H3,(H,26,27,30). The minimum Gasteiger partial charge on any atom is -0.298 e. The predicted octanol–water partition coefficient (Wildman–Crippen LogP) is 4.34. The first-order valence-corrected chi connectivity index (χ1v) is 13.5. The normalized spacial score (nSPS) is 14.6. The van der Waals surface area contributed by atoms with E-state index in [1.807, 2.05) is 18.2 Å². The number of hydrogen-bond acceptors (Lipinski definition) is 6. The van der Waals surface area contributed by atoms with Crippen molar-refractivity contribution in [3.05, 3.63) is 75.8 Å². The minimum absolute atomic E-state index is 0.0631. The van der Waals surface area contributed by atoms with Gasteiger partial charge in [-0.05, 0) is 51.0 Å². The van der Waals surface area contributed by atoms with Crippen LogP contribution >= 0.6 is 11.3 Å². The lowest BCUT2D eigenvalue weighted by molar-refractivity contribution is 0.102. The third kappa shape index (κ3) is 5.90. The number of hydrogen-bond donors (Lipinski definition) is 2. The van der Waals surface area contributed by atoms with Crippen LogP contribution in [0.2, 0.25) is 0 Å². The van der Waals surface area contributed by atoms with E-state index < -0.39 is 15.6 Å². The maximum Gasteiger partial charge on any atom is 0.257 e. The Morgan fingerprint density at radius 1 is 1.15 bits per heavy atom. The fourth-order valence-electron chi connectivity index (χ4n) is 3.92. The number of amides is 1. The Bertz CT molecular complexity index is 1300. The first-order chi connectivity index (χ1) is 16.0. The lowest BCUT2D eigenvalue weighted by Crippen LogP contribution is -2.40. The Morgan fingerprint density at radius 2 is 1.88 bits per heavy atom. The van der Waals surface area contributed by atoms with Crippen molar-refractivity contribution >= 4 is 32.4 Å². The van der Waals surface area contributed by atoms with Crippen LogP contribution in [0, 0.1) is 6.92 Å². The molecule has 0 spiro atoms. The molecule has 34 heavy (non-hydrogen) atoms. The number of nitrogens with zero attached hydrogens (tertiary/aromatic N) is 2. The summed E-state index contributed by atoms with van der Waals surface area (Å²) in [6, 6.07) is 15.0. The molecule has 2 N–H and O–H groups in total. The number of rotatable bonds is 6. The van der Waals surface area contributed by atoms with Crippen molar-refractivity contribution in [3.8, 4) is 0 Å². The van der Waals surface area contributed by atoms with Gasteiger partial charge in [0.2, 0.25) is 10.0 Å². The fourth-order valence-corrected chi connectivity index (χ4v) is 6.41. The molecule has 1 aliphatic heterocycles. The molecule has 4 rings (SSSR count). The van der Waals surface area contributed by atoms with Gasteiger partial charge in [-0.25, -0.2) is 18.1 Å². The van der Waals surface area contributed by atoms with Crippen LogP contribution in [0.5, 0.6) is 0 Å². The summed E-state index contributed by atoms with van der Waals surface area (Å²) < 4.78 is 28.1. The van der Waals surface area contributed by atoms with Gasteiger partial charge < -0.3 is 0 Å². The maximum absolute atomic E-state index is 13.0. The number of benzene rings is 2. The van der Waals surface area contributed by atoms with Gasteiger partial charge in [-0.3, -0.25) is 15.0 Å². The van der Waals surface area contributed by atoms with Gasteiger partial charge in [0, 0.05) is 42.0 Å². The van der Waals surface area contributed by atoms with Crippen molar-refractivity contribution in [1.29, 1.82) is 0 Å². The molecule has 0 saturated heterocycles. The Kier molecular flexibility index (Phi) is 6.91. The Labute approximate surface area is 205 Å². The smallest absolute Gasteiger partial charge is 0.257 e. The number of fused-ring (bicyclic) bond motifs is 1. The second-order valence-corrected chi connectivity index (χ2v) is 12.4. The minimum atomic E-state index is -3.75. The average molecular weight is 499 g/mol. The summed E-state index contributed by atoms with van der Waals surface area (Å²) in [7, 11) is -3.75. The zero-order valence-electron chi connectivity index (χ0n) is 19.9. The number of carbonyl (C=O) groups is 1. The lowest BCUT2D eigenvalue weighted by atomic mass is 10.1. The molecule has 0 bridgehead atoms. The highest BCUT2D eigenvalue weighted by Gasteiger charge is 2.25. The molecule has 7 nitrogen and oxygen atoms in total. The van der Waals surface area contributed by atoms with Gasteiger partial charge in [0.25, 0.3) is 5.91 Å². The van der Waals surface area contributed by atoms with E-state index in [0.29, 0.717) is 16.3 Å². The molecule has 0 unspecified atom stereocenters. The van der Waals surface area contributed by atoms with Crippen LogP contribution in [0.15, 0.2) is 53.4 Å². The van der Waals surface area contributed by atoms with Crippen LogP contribution in [0.4, 0.5) is 5.13 Å². The van der Waals surface area contributed by atoms with E-state index in [1.165, 1.54) is 29.0 Å². The number of aromatic nitrogens is 1. The summed E-state index contributed by atoms with van der Waals surface area (Å²) in [6.07, 6.45) is 0.833.